The van der Waals surface area contributed by atoms with Crippen LogP contribution < -0.4 is 0 Å². The van der Waals surface area contributed by atoms with E-state index in [2.05, 4.69) is 249 Å². The SMILES string of the molecule is c1ccc(-c2ccc(-c3cc(-c4ccccc4)nc(-c4cccc(-c5cccc(-c6cc7c(cc6-c6ccccc6)-c6ccccc6C76c7ccccc7-c7ccccc76)c5)c4)n3)cc2)cc1. The van der Waals surface area contributed by atoms with E-state index in [1.807, 2.05) is 6.07 Å². The fourth-order valence-corrected chi connectivity index (χ4v) is 10.9. The molecule has 2 aliphatic rings. The monoisotopic (exact) mass is 850 g/mol. The number of benzene rings is 10. The first-order chi connectivity index (χ1) is 33.2. The predicted octanol–water partition coefficient (Wildman–Crippen LogP) is 16.5. The van der Waals surface area contributed by atoms with Crippen molar-refractivity contribution in [3.8, 4) is 101 Å². The summed E-state index contributed by atoms with van der Waals surface area (Å²) < 4.78 is 0. The van der Waals surface area contributed by atoms with Gasteiger partial charge >= 0.3 is 0 Å². The second-order valence-corrected chi connectivity index (χ2v) is 17.6. The van der Waals surface area contributed by atoms with Crippen LogP contribution in [0.2, 0.25) is 0 Å². The molecule has 1 heterocycles. The Kier molecular flexibility index (Phi) is 9.11. The lowest BCUT2D eigenvalue weighted by atomic mass is 9.70. The van der Waals surface area contributed by atoms with Gasteiger partial charge in [0, 0.05) is 16.7 Å². The Morgan fingerprint density at radius 2 is 0.597 bits per heavy atom. The highest BCUT2D eigenvalue weighted by Gasteiger charge is 2.51. The second kappa shape index (κ2) is 15.8. The van der Waals surface area contributed by atoms with Crippen LogP contribution in [0, 0.1) is 0 Å². The number of fused-ring (bicyclic) bond motifs is 10. The molecule has 11 aromatic rings. The minimum absolute atomic E-state index is 0.438. The van der Waals surface area contributed by atoms with Crippen molar-refractivity contribution in [2.75, 3.05) is 0 Å². The summed E-state index contributed by atoms with van der Waals surface area (Å²) in [7, 11) is 0. The molecular formula is C65H42N2. The molecule has 2 heteroatoms. The van der Waals surface area contributed by atoms with E-state index in [0.29, 0.717) is 5.82 Å². The third-order valence-electron chi connectivity index (χ3n) is 13.9. The third-order valence-corrected chi connectivity index (χ3v) is 13.9. The van der Waals surface area contributed by atoms with Gasteiger partial charge in [-0.1, -0.05) is 224 Å². The lowest BCUT2D eigenvalue weighted by molar-refractivity contribution is 0.794. The Bertz CT molecular complexity index is 3620. The molecule has 0 unspecified atom stereocenters. The Labute approximate surface area is 391 Å². The summed E-state index contributed by atoms with van der Waals surface area (Å²) in [6.45, 7) is 0. The van der Waals surface area contributed by atoms with Gasteiger partial charge < -0.3 is 0 Å². The lowest BCUT2D eigenvalue weighted by Gasteiger charge is -2.31. The van der Waals surface area contributed by atoms with E-state index in [4.69, 9.17) is 9.97 Å². The molecule has 67 heavy (non-hydrogen) atoms. The zero-order valence-corrected chi connectivity index (χ0v) is 36.6. The summed E-state index contributed by atoms with van der Waals surface area (Å²) in [5.41, 5.74) is 24.3. The molecular weight excluding hydrogens is 809 g/mol. The van der Waals surface area contributed by atoms with Crippen molar-refractivity contribution < 1.29 is 0 Å². The second-order valence-electron chi connectivity index (χ2n) is 17.6. The average molecular weight is 851 g/mol. The van der Waals surface area contributed by atoms with Gasteiger partial charge in [-0.2, -0.15) is 0 Å². The maximum absolute atomic E-state index is 5.25. The van der Waals surface area contributed by atoms with Crippen molar-refractivity contribution in [1.29, 1.82) is 0 Å². The van der Waals surface area contributed by atoms with E-state index in [0.717, 1.165) is 39.2 Å². The van der Waals surface area contributed by atoms with Crippen molar-refractivity contribution in [3.63, 3.8) is 0 Å². The molecule has 312 valence electrons. The number of hydrogen-bond donors (Lipinski definition) is 0. The minimum Gasteiger partial charge on any atom is -0.228 e. The van der Waals surface area contributed by atoms with Crippen LogP contribution in [0.4, 0.5) is 0 Å². The molecule has 2 aliphatic carbocycles. The highest BCUT2D eigenvalue weighted by atomic mass is 14.9. The van der Waals surface area contributed by atoms with E-state index in [-0.39, 0.29) is 0 Å². The molecule has 0 bridgehead atoms. The largest absolute Gasteiger partial charge is 0.228 e. The molecule has 0 saturated carbocycles. The fourth-order valence-electron chi connectivity index (χ4n) is 10.9. The maximum Gasteiger partial charge on any atom is 0.160 e. The summed E-state index contributed by atoms with van der Waals surface area (Å²) in [4.78, 5) is 10.5. The molecule has 13 rings (SSSR count). The van der Waals surface area contributed by atoms with Gasteiger partial charge in [0.1, 0.15) is 0 Å². The Balaban J connectivity index is 0.952. The highest BCUT2D eigenvalue weighted by Crippen LogP contribution is 2.63. The molecule has 1 spiro atoms. The normalized spacial score (nSPS) is 12.6. The van der Waals surface area contributed by atoms with Gasteiger partial charge in [-0.05, 0) is 119 Å². The zero-order chi connectivity index (χ0) is 44.3. The van der Waals surface area contributed by atoms with Gasteiger partial charge in [0.25, 0.3) is 0 Å². The maximum atomic E-state index is 5.25. The first-order valence-corrected chi connectivity index (χ1v) is 23.1. The molecule has 10 aromatic carbocycles. The van der Waals surface area contributed by atoms with Crippen LogP contribution >= 0.6 is 0 Å². The van der Waals surface area contributed by atoms with E-state index < -0.39 is 5.41 Å². The molecule has 0 fully saturated rings. The number of aromatic nitrogens is 2. The molecule has 0 saturated heterocycles. The fraction of sp³-hybridized carbons (Fsp3) is 0.0154. The molecule has 0 amide bonds. The van der Waals surface area contributed by atoms with Gasteiger partial charge in [-0.3, -0.25) is 0 Å². The number of hydrogen-bond acceptors (Lipinski definition) is 2. The number of rotatable bonds is 7. The topological polar surface area (TPSA) is 25.8 Å². The third kappa shape index (κ3) is 6.33. The molecule has 2 nitrogen and oxygen atoms in total. The van der Waals surface area contributed by atoms with E-state index in [1.54, 1.807) is 0 Å². The van der Waals surface area contributed by atoms with Gasteiger partial charge in [-0.25, -0.2) is 9.97 Å². The zero-order valence-electron chi connectivity index (χ0n) is 36.6. The minimum atomic E-state index is -0.438. The molecule has 0 N–H and O–H groups in total. The van der Waals surface area contributed by atoms with Gasteiger partial charge in [0.2, 0.25) is 0 Å². The van der Waals surface area contributed by atoms with Crippen LogP contribution in [0.25, 0.3) is 101 Å². The Hall–Kier alpha value is -8.72. The summed E-state index contributed by atoms with van der Waals surface area (Å²) in [5.74, 6) is 0.688. The predicted molar refractivity (Wildman–Crippen MR) is 276 cm³/mol. The first-order valence-electron chi connectivity index (χ1n) is 23.1. The summed E-state index contributed by atoms with van der Waals surface area (Å²) in [5, 5.41) is 0. The molecule has 1 aromatic heterocycles. The summed E-state index contributed by atoms with van der Waals surface area (Å²) in [6, 6.07) is 92.4. The van der Waals surface area contributed by atoms with Crippen LogP contribution in [-0.4, -0.2) is 9.97 Å². The van der Waals surface area contributed by atoms with Gasteiger partial charge in [-0.15, -0.1) is 0 Å². The lowest BCUT2D eigenvalue weighted by Crippen LogP contribution is -2.25. The van der Waals surface area contributed by atoms with Crippen molar-refractivity contribution in [3.05, 3.63) is 277 Å². The molecule has 0 radical (unpaired) electrons. The average Bonchev–Trinajstić information content (AvgIpc) is 3.88. The standard InChI is InChI=1S/C65H42N2/c1-4-18-43(19-5-1)44-34-36-47(37-35-44)63-42-62(46-22-8-3-9-23-46)66-64(67-63)51-27-17-25-49(39-51)48-24-16-26-50(38-48)56-41-61-57(40-55(56)45-20-6-2-7-21-45)54-30-12-15-33-60(54)65(61)58-31-13-10-28-52(58)53-29-11-14-32-59(53)65/h1-42H. The van der Waals surface area contributed by atoms with Crippen LogP contribution in [0.15, 0.2) is 255 Å². The summed E-state index contributed by atoms with van der Waals surface area (Å²) >= 11 is 0. The van der Waals surface area contributed by atoms with Crippen LogP contribution in [0.5, 0.6) is 0 Å². The molecule has 0 atom stereocenters. The first kappa shape index (κ1) is 38.7. The van der Waals surface area contributed by atoms with Crippen molar-refractivity contribution in [2.45, 2.75) is 5.41 Å². The number of nitrogens with zero attached hydrogens (tertiary/aromatic N) is 2. The van der Waals surface area contributed by atoms with Gasteiger partial charge in [0.15, 0.2) is 5.82 Å². The van der Waals surface area contributed by atoms with Crippen molar-refractivity contribution >= 4 is 0 Å². The van der Waals surface area contributed by atoms with Crippen LogP contribution in [-0.2, 0) is 5.41 Å². The van der Waals surface area contributed by atoms with Crippen molar-refractivity contribution in [1.82, 2.24) is 9.97 Å². The van der Waals surface area contributed by atoms with E-state index >= 15 is 0 Å². The van der Waals surface area contributed by atoms with Crippen LogP contribution in [0.3, 0.4) is 0 Å². The Morgan fingerprint density at radius 1 is 0.209 bits per heavy atom. The van der Waals surface area contributed by atoms with Crippen LogP contribution in [0.1, 0.15) is 22.3 Å². The quantitative estimate of drug-likeness (QED) is 0.160. The van der Waals surface area contributed by atoms with Crippen molar-refractivity contribution in [2.24, 2.45) is 0 Å². The smallest absolute Gasteiger partial charge is 0.160 e. The van der Waals surface area contributed by atoms with E-state index in [9.17, 15) is 0 Å². The highest BCUT2D eigenvalue weighted by molar-refractivity contribution is 5.99. The molecule has 0 aliphatic heterocycles. The Morgan fingerprint density at radius 3 is 1.18 bits per heavy atom. The van der Waals surface area contributed by atoms with E-state index in [1.165, 1.54) is 77.9 Å². The van der Waals surface area contributed by atoms with Gasteiger partial charge in [0.05, 0.1) is 16.8 Å². The summed E-state index contributed by atoms with van der Waals surface area (Å²) in [6.07, 6.45) is 0.